The van der Waals surface area contributed by atoms with Gasteiger partial charge in [0.2, 0.25) is 0 Å². The lowest BCUT2D eigenvalue weighted by Crippen LogP contribution is -1.83. The van der Waals surface area contributed by atoms with E-state index in [-0.39, 0.29) is 0 Å². The molecule has 3 rings (SSSR count). The standard InChI is InChI=1S/C13H11N3S/c14-10-5-3-9(4-6-10)13-16-12(8-17-13)11-2-1-7-15-11/h1-8,15H,14H2. The number of hydrogen-bond donors (Lipinski definition) is 2. The van der Waals surface area contributed by atoms with Gasteiger partial charge in [-0.1, -0.05) is 0 Å². The van der Waals surface area contributed by atoms with Crippen molar-refractivity contribution in [2.24, 2.45) is 0 Å². The number of aromatic nitrogens is 2. The number of anilines is 1. The van der Waals surface area contributed by atoms with Crippen LogP contribution in [0, 0.1) is 0 Å². The van der Waals surface area contributed by atoms with Crippen molar-refractivity contribution in [1.82, 2.24) is 9.97 Å². The fourth-order valence-electron chi connectivity index (χ4n) is 1.65. The van der Waals surface area contributed by atoms with E-state index in [4.69, 9.17) is 5.73 Å². The van der Waals surface area contributed by atoms with Gasteiger partial charge in [0.15, 0.2) is 0 Å². The van der Waals surface area contributed by atoms with Gasteiger partial charge in [0.25, 0.3) is 0 Å². The number of H-pyrrole nitrogens is 1. The molecule has 0 bridgehead atoms. The van der Waals surface area contributed by atoms with Crippen molar-refractivity contribution < 1.29 is 0 Å². The van der Waals surface area contributed by atoms with E-state index in [1.54, 1.807) is 11.3 Å². The van der Waals surface area contributed by atoms with Crippen LogP contribution in [0.25, 0.3) is 22.0 Å². The Morgan fingerprint density at radius 2 is 1.94 bits per heavy atom. The second kappa shape index (κ2) is 4.07. The van der Waals surface area contributed by atoms with E-state index >= 15 is 0 Å². The number of rotatable bonds is 2. The molecule has 4 heteroatoms. The minimum Gasteiger partial charge on any atom is -0.399 e. The Balaban J connectivity index is 1.98. The summed E-state index contributed by atoms with van der Waals surface area (Å²) < 4.78 is 0. The van der Waals surface area contributed by atoms with Crippen LogP contribution in [-0.4, -0.2) is 9.97 Å². The summed E-state index contributed by atoms with van der Waals surface area (Å²) in [5.41, 5.74) is 9.56. The van der Waals surface area contributed by atoms with Crippen molar-refractivity contribution in [1.29, 1.82) is 0 Å². The van der Waals surface area contributed by atoms with Crippen LogP contribution < -0.4 is 5.73 Å². The van der Waals surface area contributed by atoms with Crippen LogP contribution in [0.3, 0.4) is 0 Å². The molecule has 0 aliphatic rings. The molecule has 17 heavy (non-hydrogen) atoms. The molecule has 0 amide bonds. The van der Waals surface area contributed by atoms with E-state index in [2.05, 4.69) is 15.3 Å². The van der Waals surface area contributed by atoms with Gasteiger partial charge in [0, 0.05) is 22.8 Å². The normalized spacial score (nSPS) is 10.6. The van der Waals surface area contributed by atoms with E-state index in [9.17, 15) is 0 Å². The monoisotopic (exact) mass is 241 g/mol. The second-order valence-electron chi connectivity index (χ2n) is 3.74. The number of nitrogen functional groups attached to an aromatic ring is 1. The maximum absolute atomic E-state index is 5.67. The van der Waals surface area contributed by atoms with E-state index in [1.165, 1.54) is 0 Å². The van der Waals surface area contributed by atoms with Crippen LogP contribution in [0.5, 0.6) is 0 Å². The molecule has 3 N–H and O–H groups in total. The molecule has 2 aromatic heterocycles. The average molecular weight is 241 g/mol. The number of nitrogens with one attached hydrogen (secondary N) is 1. The van der Waals surface area contributed by atoms with Gasteiger partial charge in [0.05, 0.1) is 11.4 Å². The minimum absolute atomic E-state index is 0.773. The van der Waals surface area contributed by atoms with Crippen molar-refractivity contribution in [3.63, 3.8) is 0 Å². The molecule has 0 radical (unpaired) electrons. The Kier molecular flexibility index (Phi) is 2.42. The molecule has 3 aromatic rings. The molecule has 0 aliphatic carbocycles. The zero-order valence-electron chi connectivity index (χ0n) is 9.05. The lowest BCUT2D eigenvalue weighted by atomic mass is 10.2. The molecule has 3 nitrogen and oxygen atoms in total. The van der Waals surface area contributed by atoms with Gasteiger partial charge in [0.1, 0.15) is 5.01 Å². The second-order valence-corrected chi connectivity index (χ2v) is 4.60. The Labute approximate surface area is 103 Å². The fraction of sp³-hybridized carbons (Fsp3) is 0. The molecular weight excluding hydrogens is 230 g/mol. The Morgan fingerprint density at radius 3 is 2.65 bits per heavy atom. The third kappa shape index (κ3) is 1.94. The summed E-state index contributed by atoms with van der Waals surface area (Å²) in [4.78, 5) is 7.75. The van der Waals surface area contributed by atoms with Gasteiger partial charge in [-0.05, 0) is 36.4 Å². The van der Waals surface area contributed by atoms with Crippen LogP contribution >= 0.6 is 11.3 Å². The van der Waals surface area contributed by atoms with Crippen LogP contribution in [0.4, 0.5) is 5.69 Å². The molecule has 2 heterocycles. The van der Waals surface area contributed by atoms with Crippen molar-refractivity contribution in [2.45, 2.75) is 0 Å². The molecule has 1 aromatic carbocycles. The first-order valence-corrected chi connectivity index (χ1v) is 6.16. The number of thiazole rings is 1. The van der Waals surface area contributed by atoms with Gasteiger partial charge < -0.3 is 10.7 Å². The van der Waals surface area contributed by atoms with E-state index in [1.807, 2.05) is 42.6 Å². The molecule has 84 valence electrons. The molecule has 0 aliphatic heterocycles. The van der Waals surface area contributed by atoms with Gasteiger partial charge >= 0.3 is 0 Å². The maximum Gasteiger partial charge on any atom is 0.124 e. The molecule has 0 unspecified atom stereocenters. The van der Waals surface area contributed by atoms with Crippen molar-refractivity contribution in [3.05, 3.63) is 48.0 Å². The summed E-state index contributed by atoms with van der Waals surface area (Å²) in [6.45, 7) is 0. The molecule has 0 saturated heterocycles. The number of benzene rings is 1. The predicted octanol–water partition coefficient (Wildman–Crippen LogP) is 3.39. The van der Waals surface area contributed by atoms with Gasteiger partial charge in [-0.25, -0.2) is 4.98 Å². The largest absolute Gasteiger partial charge is 0.399 e. The Bertz CT molecular complexity index is 608. The lowest BCUT2D eigenvalue weighted by molar-refractivity contribution is 1.33. The Morgan fingerprint density at radius 1 is 1.12 bits per heavy atom. The average Bonchev–Trinajstić information content (AvgIpc) is 3.00. The first-order valence-electron chi connectivity index (χ1n) is 5.28. The van der Waals surface area contributed by atoms with Crippen LogP contribution in [0.15, 0.2) is 48.0 Å². The van der Waals surface area contributed by atoms with Gasteiger partial charge in [-0.2, -0.15) is 0 Å². The zero-order chi connectivity index (χ0) is 11.7. The van der Waals surface area contributed by atoms with E-state index < -0.39 is 0 Å². The number of aromatic amines is 1. The van der Waals surface area contributed by atoms with Crippen LogP contribution in [0.1, 0.15) is 0 Å². The van der Waals surface area contributed by atoms with E-state index in [0.29, 0.717) is 0 Å². The summed E-state index contributed by atoms with van der Waals surface area (Å²) in [5.74, 6) is 0. The quantitative estimate of drug-likeness (QED) is 0.676. The molecule has 0 atom stereocenters. The van der Waals surface area contributed by atoms with Crippen molar-refractivity contribution in [2.75, 3.05) is 5.73 Å². The highest BCUT2D eigenvalue weighted by molar-refractivity contribution is 7.13. The Hall–Kier alpha value is -2.07. The summed E-state index contributed by atoms with van der Waals surface area (Å²) >= 11 is 1.63. The number of nitrogens with zero attached hydrogens (tertiary/aromatic N) is 1. The van der Waals surface area contributed by atoms with Gasteiger partial charge in [-0.15, -0.1) is 11.3 Å². The summed E-state index contributed by atoms with van der Waals surface area (Å²) in [6.07, 6.45) is 1.90. The minimum atomic E-state index is 0.773. The van der Waals surface area contributed by atoms with Crippen LogP contribution in [-0.2, 0) is 0 Å². The topological polar surface area (TPSA) is 54.7 Å². The number of nitrogens with two attached hydrogens (primary N) is 1. The zero-order valence-corrected chi connectivity index (χ0v) is 9.87. The smallest absolute Gasteiger partial charge is 0.124 e. The highest BCUT2D eigenvalue weighted by Crippen LogP contribution is 2.28. The third-order valence-corrected chi connectivity index (χ3v) is 3.43. The van der Waals surface area contributed by atoms with Crippen LogP contribution in [0.2, 0.25) is 0 Å². The molecule has 0 saturated carbocycles. The van der Waals surface area contributed by atoms with Gasteiger partial charge in [-0.3, -0.25) is 0 Å². The lowest BCUT2D eigenvalue weighted by Gasteiger charge is -1.96. The SMILES string of the molecule is Nc1ccc(-c2nc(-c3ccc[nH]3)cs2)cc1. The first-order chi connectivity index (χ1) is 8.33. The third-order valence-electron chi connectivity index (χ3n) is 2.54. The maximum atomic E-state index is 5.67. The summed E-state index contributed by atoms with van der Waals surface area (Å²) in [5, 5.41) is 3.06. The molecule has 0 fully saturated rings. The molecular formula is C13H11N3S. The molecule has 0 spiro atoms. The predicted molar refractivity (Wildman–Crippen MR) is 71.7 cm³/mol. The summed E-state index contributed by atoms with van der Waals surface area (Å²) in [6, 6.07) is 11.8. The highest BCUT2D eigenvalue weighted by atomic mass is 32.1. The fourth-order valence-corrected chi connectivity index (χ4v) is 2.47. The highest BCUT2D eigenvalue weighted by Gasteiger charge is 2.06. The first kappa shape index (κ1) is 10.1. The summed E-state index contributed by atoms with van der Waals surface area (Å²) in [7, 11) is 0. The number of hydrogen-bond acceptors (Lipinski definition) is 3. The van der Waals surface area contributed by atoms with Crippen molar-refractivity contribution >= 4 is 17.0 Å². The van der Waals surface area contributed by atoms with E-state index in [0.717, 1.165) is 27.6 Å². The van der Waals surface area contributed by atoms with Crippen molar-refractivity contribution in [3.8, 4) is 22.0 Å².